The minimum absolute atomic E-state index is 0.240. The maximum atomic E-state index is 11.3. The lowest BCUT2D eigenvalue weighted by Gasteiger charge is -2.33. The number of aliphatic carboxylic acids is 1. The third kappa shape index (κ3) is 2.10. The average molecular weight is 225 g/mol. The summed E-state index contributed by atoms with van der Waals surface area (Å²) >= 11 is 0. The van der Waals surface area contributed by atoms with Crippen molar-refractivity contribution in [2.24, 2.45) is 11.8 Å². The second-order valence-electron chi connectivity index (χ2n) is 5.57. The van der Waals surface area contributed by atoms with Gasteiger partial charge in [0.25, 0.3) is 0 Å². The van der Waals surface area contributed by atoms with E-state index in [1.807, 2.05) is 0 Å². The Hall–Kier alpha value is -0.570. The van der Waals surface area contributed by atoms with Crippen LogP contribution in [-0.2, 0) is 4.79 Å². The fraction of sp³-hybridized carbons (Fsp3) is 0.923. The van der Waals surface area contributed by atoms with Crippen molar-refractivity contribution >= 4 is 5.97 Å². The van der Waals surface area contributed by atoms with Gasteiger partial charge in [-0.3, -0.25) is 9.69 Å². The number of likely N-dealkylation sites (tertiary alicyclic amines) is 1. The van der Waals surface area contributed by atoms with Crippen molar-refractivity contribution in [3.8, 4) is 0 Å². The van der Waals surface area contributed by atoms with Crippen LogP contribution in [0.25, 0.3) is 0 Å². The second-order valence-corrected chi connectivity index (χ2v) is 5.57. The molecule has 0 aromatic rings. The van der Waals surface area contributed by atoms with Gasteiger partial charge in [-0.25, -0.2) is 0 Å². The minimum Gasteiger partial charge on any atom is -0.480 e. The van der Waals surface area contributed by atoms with Gasteiger partial charge in [-0.15, -0.1) is 0 Å². The lowest BCUT2D eigenvalue weighted by atomic mass is 9.96. The van der Waals surface area contributed by atoms with E-state index in [4.69, 9.17) is 0 Å². The molecule has 1 aliphatic carbocycles. The van der Waals surface area contributed by atoms with Crippen LogP contribution >= 0.6 is 0 Å². The van der Waals surface area contributed by atoms with Crippen LogP contribution in [0.5, 0.6) is 0 Å². The van der Waals surface area contributed by atoms with E-state index in [0.717, 1.165) is 18.9 Å². The number of hydrogen-bond donors (Lipinski definition) is 1. The van der Waals surface area contributed by atoms with Crippen molar-refractivity contribution in [2.75, 3.05) is 6.54 Å². The normalized spacial score (nSPS) is 34.4. The van der Waals surface area contributed by atoms with Gasteiger partial charge in [0, 0.05) is 6.04 Å². The molecule has 3 heteroatoms. The summed E-state index contributed by atoms with van der Waals surface area (Å²) in [5.74, 6) is 0.406. The van der Waals surface area contributed by atoms with Crippen LogP contribution in [0.2, 0.25) is 0 Å². The standard InChI is InChI=1S/C13H23NO2/c1-9-7-8-14(12(9)13(15)16)10(2)11-5-3-4-6-11/h9-12H,3-8H2,1-2H3,(H,15,16). The van der Waals surface area contributed by atoms with E-state index < -0.39 is 5.97 Å². The van der Waals surface area contributed by atoms with Crippen molar-refractivity contribution < 1.29 is 9.90 Å². The van der Waals surface area contributed by atoms with Crippen molar-refractivity contribution in [1.82, 2.24) is 4.90 Å². The lowest BCUT2D eigenvalue weighted by Crippen LogP contribution is -2.46. The van der Waals surface area contributed by atoms with Gasteiger partial charge in [0.15, 0.2) is 0 Å². The molecule has 0 radical (unpaired) electrons. The summed E-state index contributed by atoms with van der Waals surface area (Å²) in [7, 11) is 0. The van der Waals surface area contributed by atoms with E-state index in [9.17, 15) is 9.90 Å². The maximum Gasteiger partial charge on any atom is 0.321 e. The minimum atomic E-state index is -0.630. The van der Waals surface area contributed by atoms with Crippen molar-refractivity contribution in [3.05, 3.63) is 0 Å². The SMILES string of the molecule is CC1CCN(C(C)C2CCCC2)C1C(=O)O. The Kier molecular flexibility index (Phi) is 3.53. The summed E-state index contributed by atoms with van der Waals surface area (Å²) < 4.78 is 0. The van der Waals surface area contributed by atoms with E-state index in [-0.39, 0.29) is 6.04 Å². The third-order valence-corrected chi connectivity index (χ3v) is 4.60. The first-order valence-electron chi connectivity index (χ1n) is 6.60. The Morgan fingerprint density at radius 2 is 1.94 bits per heavy atom. The number of carboxylic acid groups (broad SMARTS) is 1. The van der Waals surface area contributed by atoms with E-state index in [2.05, 4.69) is 18.7 Å². The van der Waals surface area contributed by atoms with Crippen LogP contribution in [0.15, 0.2) is 0 Å². The van der Waals surface area contributed by atoms with Gasteiger partial charge in [-0.1, -0.05) is 19.8 Å². The molecule has 0 aromatic carbocycles. The summed E-state index contributed by atoms with van der Waals surface area (Å²) in [6.07, 6.45) is 6.27. The summed E-state index contributed by atoms with van der Waals surface area (Å²) in [5.41, 5.74) is 0. The highest BCUT2D eigenvalue weighted by molar-refractivity contribution is 5.74. The first-order valence-corrected chi connectivity index (χ1v) is 6.60. The second kappa shape index (κ2) is 4.74. The van der Waals surface area contributed by atoms with E-state index in [1.165, 1.54) is 25.7 Å². The topological polar surface area (TPSA) is 40.5 Å². The van der Waals surface area contributed by atoms with Gasteiger partial charge < -0.3 is 5.11 Å². The molecule has 1 N–H and O–H groups in total. The molecule has 3 atom stereocenters. The van der Waals surface area contributed by atoms with Crippen LogP contribution < -0.4 is 0 Å². The molecule has 1 aliphatic heterocycles. The quantitative estimate of drug-likeness (QED) is 0.801. The first-order chi connectivity index (χ1) is 7.61. The molecule has 2 rings (SSSR count). The molecule has 3 nitrogen and oxygen atoms in total. The zero-order valence-electron chi connectivity index (χ0n) is 10.4. The van der Waals surface area contributed by atoms with Crippen LogP contribution in [-0.4, -0.2) is 34.6 Å². The van der Waals surface area contributed by atoms with Crippen LogP contribution in [0.3, 0.4) is 0 Å². The Morgan fingerprint density at radius 3 is 2.50 bits per heavy atom. The molecule has 2 fully saturated rings. The zero-order chi connectivity index (χ0) is 11.7. The first kappa shape index (κ1) is 11.9. The lowest BCUT2D eigenvalue weighted by molar-refractivity contribution is -0.144. The van der Waals surface area contributed by atoms with E-state index >= 15 is 0 Å². The molecular formula is C13H23NO2. The van der Waals surface area contributed by atoms with Gasteiger partial charge in [-0.05, 0) is 44.6 Å². The predicted molar refractivity (Wildman–Crippen MR) is 63.3 cm³/mol. The van der Waals surface area contributed by atoms with E-state index in [1.54, 1.807) is 0 Å². The Morgan fingerprint density at radius 1 is 1.31 bits per heavy atom. The Labute approximate surface area is 97.8 Å². The molecule has 1 saturated carbocycles. The summed E-state index contributed by atoms with van der Waals surface area (Å²) in [6, 6.07) is 0.212. The molecule has 0 bridgehead atoms. The molecule has 1 saturated heterocycles. The molecule has 92 valence electrons. The van der Waals surface area contributed by atoms with Crippen molar-refractivity contribution in [3.63, 3.8) is 0 Å². The Balaban J connectivity index is 2.04. The fourth-order valence-corrected chi connectivity index (χ4v) is 3.53. The molecule has 2 aliphatic rings. The summed E-state index contributed by atoms with van der Waals surface area (Å²) in [6.45, 7) is 5.26. The number of hydrogen-bond acceptors (Lipinski definition) is 2. The highest BCUT2D eigenvalue weighted by atomic mass is 16.4. The Bertz CT molecular complexity index is 261. The van der Waals surface area contributed by atoms with Gasteiger partial charge in [-0.2, -0.15) is 0 Å². The van der Waals surface area contributed by atoms with Crippen LogP contribution in [0.4, 0.5) is 0 Å². The smallest absolute Gasteiger partial charge is 0.321 e. The summed E-state index contributed by atoms with van der Waals surface area (Å²) in [4.78, 5) is 13.5. The van der Waals surface area contributed by atoms with Crippen LogP contribution in [0.1, 0.15) is 46.0 Å². The molecule has 0 spiro atoms. The fourth-order valence-electron chi connectivity index (χ4n) is 3.53. The van der Waals surface area contributed by atoms with Crippen molar-refractivity contribution in [1.29, 1.82) is 0 Å². The average Bonchev–Trinajstić information content (AvgIpc) is 2.84. The maximum absolute atomic E-state index is 11.3. The monoisotopic (exact) mass is 225 g/mol. The van der Waals surface area contributed by atoms with Gasteiger partial charge in [0.05, 0.1) is 0 Å². The van der Waals surface area contributed by atoms with Crippen molar-refractivity contribution in [2.45, 2.75) is 58.0 Å². The van der Waals surface area contributed by atoms with E-state index in [0.29, 0.717) is 12.0 Å². The predicted octanol–water partition coefficient (Wildman–Crippen LogP) is 2.36. The van der Waals surface area contributed by atoms with Gasteiger partial charge in [0.2, 0.25) is 0 Å². The molecule has 0 amide bonds. The number of carboxylic acids is 1. The number of carbonyl (C=O) groups is 1. The number of rotatable bonds is 3. The molecule has 1 heterocycles. The highest BCUT2D eigenvalue weighted by Crippen LogP contribution is 2.35. The summed E-state index contributed by atoms with van der Waals surface area (Å²) in [5, 5.41) is 9.30. The molecule has 3 unspecified atom stereocenters. The van der Waals surface area contributed by atoms with Gasteiger partial charge in [0.1, 0.15) is 6.04 Å². The molecular weight excluding hydrogens is 202 g/mol. The third-order valence-electron chi connectivity index (χ3n) is 4.60. The largest absolute Gasteiger partial charge is 0.480 e. The van der Waals surface area contributed by atoms with Gasteiger partial charge >= 0.3 is 5.97 Å². The van der Waals surface area contributed by atoms with Crippen LogP contribution in [0, 0.1) is 11.8 Å². The highest BCUT2D eigenvalue weighted by Gasteiger charge is 2.41. The zero-order valence-corrected chi connectivity index (χ0v) is 10.4. The molecule has 16 heavy (non-hydrogen) atoms. The molecule has 0 aromatic heterocycles. The number of nitrogens with zero attached hydrogens (tertiary/aromatic N) is 1.